The summed E-state index contributed by atoms with van der Waals surface area (Å²) in [6.07, 6.45) is 0.532. The summed E-state index contributed by atoms with van der Waals surface area (Å²) >= 11 is 1.51. The number of rotatable bonds is 8. The van der Waals surface area contributed by atoms with Gasteiger partial charge in [-0.2, -0.15) is 0 Å². The largest absolute Gasteiger partial charge is 0.494 e. The second kappa shape index (κ2) is 9.11. The Hall–Kier alpha value is -3.53. The Labute approximate surface area is 169 Å². The van der Waals surface area contributed by atoms with E-state index in [1.54, 1.807) is 0 Å². The van der Waals surface area contributed by atoms with Gasteiger partial charge in [0.15, 0.2) is 6.61 Å². The number of methoxy groups -OCH3 is 1. The number of fused-ring (bicyclic) bond motifs is 1. The molecule has 0 aliphatic heterocycles. The summed E-state index contributed by atoms with van der Waals surface area (Å²) in [5.74, 6) is -0.963. The zero-order valence-corrected chi connectivity index (χ0v) is 16.2. The molecular weight excluding hydrogens is 398 g/mol. The summed E-state index contributed by atoms with van der Waals surface area (Å²) in [7, 11) is 1.33. The number of nitrogens with zero attached hydrogens (tertiary/aromatic N) is 2. The molecule has 0 saturated heterocycles. The Kier molecular flexibility index (Phi) is 6.35. The fraction of sp³-hybridized carbons (Fsp3) is 0.211. The number of aryl methyl sites for hydroxylation is 1. The van der Waals surface area contributed by atoms with E-state index in [2.05, 4.69) is 10.3 Å². The van der Waals surface area contributed by atoms with Crippen LogP contribution >= 0.6 is 11.3 Å². The van der Waals surface area contributed by atoms with Crippen LogP contribution in [-0.4, -0.2) is 35.5 Å². The molecule has 1 heterocycles. The van der Waals surface area contributed by atoms with Crippen molar-refractivity contribution < 1.29 is 24.0 Å². The average molecular weight is 415 g/mol. The summed E-state index contributed by atoms with van der Waals surface area (Å²) in [6.45, 7) is -0.473. The summed E-state index contributed by atoms with van der Waals surface area (Å²) in [4.78, 5) is 38.6. The molecule has 0 radical (unpaired) electrons. The van der Waals surface area contributed by atoms with Crippen molar-refractivity contribution in [3.8, 4) is 5.75 Å². The van der Waals surface area contributed by atoms with Crippen LogP contribution in [0.1, 0.15) is 11.4 Å². The number of para-hydroxylation sites is 1. The molecular formula is C19H17N3O6S. The molecule has 1 N–H and O–H groups in total. The predicted molar refractivity (Wildman–Crippen MR) is 107 cm³/mol. The van der Waals surface area contributed by atoms with Gasteiger partial charge in [0.1, 0.15) is 5.75 Å². The first kappa shape index (κ1) is 20.2. The number of nitro groups is 1. The minimum Gasteiger partial charge on any atom is -0.494 e. The van der Waals surface area contributed by atoms with Gasteiger partial charge < -0.3 is 14.8 Å². The van der Waals surface area contributed by atoms with Crippen LogP contribution in [0.3, 0.4) is 0 Å². The normalized spacial score (nSPS) is 10.5. The number of amides is 1. The molecule has 0 aliphatic carbocycles. The van der Waals surface area contributed by atoms with Gasteiger partial charge in [0.05, 0.1) is 45.4 Å². The van der Waals surface area contributed by atoms with E-state index in [1.165, 1.54) is 36.6 Å². The lowest BCUT2D eigenvalue weighted by Crippen LogP contribution is -2.21. The van der Waals surface area contributed by atoms with Crippen LogP contribution < -0.4 is 10.1 Å². The number of ether oxygens (including phenoxy) is 2. The maximum atomic E-state index is 12.0. The third kappa shape index (κ3) is 5.26. The highest BCUT2D eigenvalue weighted by Gasteiger charge is 2.15. The van der Waals surface area contributed by atoms with Crippen molar-refractivity contribution in [3.63, 3.8) is 0 Å². The zero-order chi connectivity index (χ0) is 20.8. The van der Waals surface area contributed by atoms with Crippen molar-refractivity contribution >= 4 is 44.8 Å². The molecule has 0 saturated carbocycles. The number of esters is 1. The molecule has 3 aromatic rings. The van der Waals surface area contributed by atoms with Gasteiger partial charge in [-0.3, -0.25) is 19.7 Å². The second-order valence-electron chi connectivity index (χ2n) is 5.93. The Morgan fingerprint density at radius 2 is 2.03 bits per heavy atom. The first-order valence-electron chi connectivity index (χ1n) is 8.58. The van der Waals surface area contributed by atoms with Crippen molar-refractivity contribution in [3.05, 3.63) is 57.6 Å². The van der Waals surface area contributed by atoms with Gasteiger partial charge in [0.25, 0.3) is 11.6 Å². The number of nitrogens with one attached hydrogen (secondary N) is 1. The molecule has 150 valence electrons. The second-order valence-corrected chi connectivity index (χ2v) is 7.04. The molecule has 1 aromatic heterocycles. The maximum absolute atomic E-state index is 12.0. The van der Waals surface area contributed by atoms with E-state index in [1.807, 2.05) is 24.3 Å². The minimum absolute atomic E-state index is 0.105. The van der Waals surface area contributed by atoms with Crippen LogP contribution in [0.4, 0.5) is 11.4 Å². The zero-order valence-electron chi connectivity index (χ0n) is 15.4. The number of nitro benzene ring substituents is 1. The molecule has 0 fully saturated rings. The Morgan fingerprint density at radius 3 is 2.76 bits per heavy atom. The van der Waals surface area contributed by atoms with E-state index >= 15 is 0 Å². The number of hydrogen-bond acceptors (Lipinski definition) is 8. The van der Waals surface area contributed by atoms with Gasteiger partial charge in [-0.05, 0) is 18.2 Å². The molecule has 0 spiro atoms. The first-order valence-corrected chi connectivity index (χ1v) is 9.40. The lowest BCUT2D eigenvalue weighted by Gasteiger charge is -2.10. The number of benzene rings is 2. The van der Waals surface area contributed by atoms with Crippen LogP contribution in [0.2, 0.25) is 0 Å². The Bertz CT molecular complexity index is 1030. The van der Waals surface area contributed by atoms with E-state index in [-0.39, 0.29) is 23.5 Å². The van der Waals surface area contributed by atoms with E-state index in [0.717, 1.165) is 15.2 Å². The van der Waals surface area contributed by atoms with Gasteiger partial charge in [0, 0.05) is 12.5 Å². The predicted octanol–water partition coefficient (Wildman–Crippen LogP) is 3.33. The van der Waals surface area contributed by atoms with Crippen LogP contribution in [0, 0.1) is 10.1 Å². The third-order valence-corrected chi connectivity index (χ3v) is 5.01. The third-order valence-electron chi connectivity index (χ3n) is 3.92. The number of thiazole rings is 1. The fourth-order valence-corrected chi connectivity index (χ4v) is 3.50. The van der Waals surface area contributed by atoms with Crippen molar-refractivity contribution in [1.29, 1.82) is 0 Å². The van der Waals surface area contributed by atoms with Crippen molar-refractivity contribution in [2.75, 3.05) is 19.0 Å². The van der Waals surface area contributed by atoms with Crippen LogP contribution in [0.15, 0.2) is 42.5 Å². The number of non-ortho nitro benzene ring substituents is 1. The standard InChI is InChI=1S/C19H17N3O6S/c1-27-15-10-12(22(25)26)6-7-13(15)20-17(23)11-28-19(24)9-8-18-21-14-4-2-3-5-16(14)29-18/h2-7,10H,8-9,11H2,1H3,(H,20,23). The smallest absolute Gasteiger partial charge is 0.306 e. The van der Waals surface area contributed by atoms with Gasteiger partial charge in [0.2, 0.25) is 0 Å². The van der Waals surface area contributed by atoms with Crippen LogP contribution in [-0.2, 0) is 20.7 Å². The van der Waals surface area contributed by atoms with E-state index in [9.17, 15) is 19.7 Å². The SMILES string of the molecule is COc1cc([N+](=O)[O-])ccc1NC(=O)COC(=O)CCc1nc2ccccc2s1. The molecule has 9 nitrogen and oxygen atoms in total. The quantitative estimate of drug-likeness (QED) is 0.340. The highest BCUT2D eigenvalue weighted by molar-refractivity contribution is 7.18. The van der Waals surface area contributed by atoms with E-state index < -0.39 is 23.4 Å². The topological polar surface area (TPSA) is 121 Å². The summed E-state index contributed by atoms with van der Waals surface area (Å²) < 4.78 is 11.1. The molecule has 1 amide bonds. The number of anilines is 1. The highest BCUT2D eigenvalue weighted by atomic mass is 32.1. The van der Waals surface area contributed by atoms with E-state index in [4.69, 9.17) is 9.47 Å². The van der Waals surface area contributed by atoms with Gasteiger partial charge in [-0.15, -0.1) is 11.3 Å². The molecule has 29 heavy (non-hydrogen) atoms. The molecule has 0 unspecified atom stereocenters. The van der Waals surface area contributed by atoms with Crippen molar-refractivity contribution in [1.82, 2.24) is 4.98 Å². The molecule has 2 aromatic carbocycles. The van der Waals surface area contributed by atoms with Crippen molar-refractivity contribution in [2.45, 2.75) is 12.8 Å². The molecule has 0 bridgehead atoms. The summed E-state index contributed by atoms with van der Waals surface area (Å²) in [5.41, 5.74) is 0.965. The monoisotopic (exact) mass is 415 g/mol. The Balaban J connectivity index is 1.48. The minimum atomic E-state index is -0.578. The highest BCUT2D eigenvalue weighted by Crippen LogP contribution is 2.29. The van der Waals surface area contributed by atoms with Gasteiger partial charge in [-0.1, -0.05) is 12.1 Å². The van der Waals surface area contributed by atoms with Gasteiger partial charge in [-0.25, -0.2) is 4.98 Å². The molecule has 0 atom stereocenters. The summed E-state index contributed by atoms with van der Waals surface area (Å²) in [5, 5.41) is 14.1. The van der Waals surface area contributed by atoms with E-state index in [0.29, 0.717) is 6.42 Å². The lowest BCUT2D eigenvalue weighted by atomic mass is 10.2. The summed E-state index contributed by atoms with van der Waals surface area (Å²) in [6, 6.07) is 11.5. The number of aromatic nitrogens is 1. The number of hydrogen-bond donors (Lipinski definition) is 1. The fourth-order valence-electron chi connectivity index (χ4n) is 2.54. The Morgan fingerprint density at radius 1 is 1.24 bits per heavy atom. The molecule has 10 heteroatoms. The van der Waals surface area contributed by atoms with Crippen molar-refractivity contribution in [2.24, 2.45) is 0 Å². The van der Waals surface area contributed by atoms with Crippen LogP contribution in [0.5, 0.6) is 5.75 Å². The average Bonchev–Trinajstić information content (AvgIpc) is 3.14. The maximum Gasteiger partial charge on any atom is 0.306 e. The number of carbonyl (C=O) groups excluding carboxylic acids is 2. The molecule has 3 rings (SSSR count). The van der Waals surface area contributed by atoms with Gasteiger partial charge >= 0.3 is 5.97 Å². The lowest BCUT2D eigenvalue weighted by molar-refractivity contribution is -0.384. The number of carbonyl (C=O) groups is 2. The molecule has 0 aliphatic rings. The first-order chi connectivity index (χ1) is 14.0. The van der Waals surface area contributed by atoms with Crippen LogP contribution in [0.25, 0.3) is 10.2 Å².